The van der Waals surface area contributed by atoms with Crippen LogP contribution < -0.4 is 20.7 Å². The van der Waals surface area contributed by atoms with Gasteiger partial charge in [0.15, 0.2) is 8.07 Å². The molecule has 0 bridgehead atoms. The van der Waals surface area contributed by atoms with E-state index >= 15 is 0 Å². The van der Waals surface area contributed by atoms with Crippen LogP contribution in [-0.2, 0) is 0 Å². The lowest BCUT2D eigenvalue weighted by Crippen LogP contribution is -2.75. The molecule has 0 saturated heterocycles. The second-order valence-electron chi connectivity index (χ2n) is 11.9. The van der Waals surface area contributed by atoms with Crippen molar-refractivity contribution in [2.45, 2.75) is 0 Å². The zero-order valence-electron chi connectivity index (χ0n) is 26.1. The van der Waals surface area contributed by atoms with E-state index in [9.17, 15) is 5.26 Å². The average molecular weight is 628 g/mol. The van der Waals surface area contributed by atoms with Gasteiger partial charge < -0.3 is 4.57 Å². The van der Waals surface area contributed by atoms with Crippen LogP contribution in [0.5, 0.6) is 0 Å². The van der Waals surface area contributed by atoms with Crippen molar-refractivity contribution < 1.29 is 0 Å². The smallest absolute Gasteiger partial charge is 0.212 e. The van der Waals surface area contributed by atoms with Gasteiger partial charge in [-0.1, -0.05) is 152 Å². The minimum absolute atomic E-state index is 0.378. The van der Waals surface area contributed by atoms with Crippen LogP contribution in [0.25, 0.3) is 43.5 Å². The molecule has 8 aromatic rings. The number of nitriles is 1. The summed E-state index contributed by atoms with van der Waals surface area (Å²) in [5, 5.41) is 17.4. The number of nitrogens with zero attached hydrogens (tertiary/aromatic N) is 3. The first-order chi connectivity index (χ1) is 23.8. The van der Waals surface area contributed by atoms with Crippen molar-refractivity contribution in [3.05, 3.63) is 193 Å². The standard InChI is InChI=1S/C44H29N3Si/c1-46-44-33(31-45)28-29-42(48(35-18-5-2-6-19-35,36-20-7-3-8-21-36)37-22-9-4-10-23-37)43(44)32-16-15-17-34(30-32)47-40-26-13-11-24-38(40)39-25-12-14-27-41(39)47/h2-30H. The summed E-state index contributed by atoms with van der Waals surface area (Å²) in [5.41, 5.74) is 5.72. The Labute approximate surface area is 281 Å². The van der Waals surface area contributed by atoms with E-state index in [1.54, 1.807) is 0 Å². The van der Waals surface area contributed by atoms with Crippen LogP contribution in [0.3, 0.4) is 0 Å². The molecular formula is C44H29N3Si. The van der Waals surface area contributed by atoms with E-state index < -0.39 is 8.07 Å². The Kier molecular flexibility index (Phi) is 7.27. The molecule has 0 N–H and O–H groups in total. The average Bonchev–Trinajstić information content (AvgIpc) is 3.50. The molecule has 0 atom stereocenters. The Hall–Kier alpha value is -6.46. The van der Waals surface area contributed by atoms with E-state index in [1.807, 2.05) is 6.07 Å². The molecule has 0 spiro atoms. The summed E-state index contributed by atoms with van der Waals surface area (Å²) in [6.45, 7) is 8.49. The van der Waals surface area contributed by atoms with Gasteiger partial charge in [0.25, 0.3) is 0 Å². The molecule has 1 heterocycles. The molecule has 0 aliphatic heterocycles. The second kappa shape index (κ2) is 12.0. The SMILES string of the molecule is [C-]#[N+]c1c(C#N)ccc([Si](c2ccccc2)(c2ccccc2)c2ccccc2)c1-c1cccc(-n2c3ccccc3c3ccccc32)c1. The second-order valence-corrected chi connectivity index (χ2v) is 15.6. The number of para-hydroxylation sites is 2. The highest BCUT2D eigenvalue weighted by atomic mass is 28.3. The van der Waals surface area contributed by atoms with Crippen molar-refractivity contribution in [2.75, 3.05) is 0 Å². The van der Waals surface area contributed by atoms with Gasteiger partial charge in [0.05, 0.1) is 29.2 Å². The number of fused-ring (bicyclic) bond motifs is 3. The molecule has 3 nitrogen and oxygen atoms in total. The largest absolute Gasteiger partial charge is 0.309 e. The number of aromatic nitrogens is 1. The summed E-state index contributed by atoms with van der Waals surface area (Å²) in [5.74, 6) is 0. The van der Waals surface area contributed by atoms with Crippen LogP contribution in [0.4, 0.5) is 5.69 Å². The highest BCUT2D eigenvalue weighted by Crippen LogP contribution is 2.37. The van der Waals surface area contributed by atoms with E-state index in [2.05, 4.69) is 185 Å². The first-order valence-electron chi connectivity index (χ1n) is 16.0. The van der Waals surface area contributed by atoms with E-state index in [4.69, 9.17) is 6.57 Å². The Morgan fingerprint density at radius 2 is 1.04 bits per heavy atom. The molecule has 0 aliphatic carbocycles. The Bertz CT molecular complexity index is 2370. The van der Waals surface area contributed by atoms with Crippen molar-refractivity contribution in [2.24, 2.45) is 0 Å². The molecule has 0 fully saturated rings. The van der Waals surface area contributed by atoms with Gasteiger partial charge in [-0.3, -0.25) is 0 Å². The molecule has 0 amide bonds. The lowest BCUT2D eigenvalue weighted by molar-refractivity contribution is 1.18. The summed E-state index contributed by atoms with van der Waals surface area (Å²) in [6, 6.07) is 63.9. The number of rotatable bonds is 6. The van der Waals surface area contributed by atoms with Gasteiger partial charge in [0, 0.05) is 16.5 Å². The third-order valence-electron chi connectivity index (χ3n) is 9.41. The monoisotopic (exact) mass is 627 g/mol. The summed E-state index contributed by atoms with van der Waals surface area (Å²) in [6.07, 6.45) is 0. The van der Waals surface area contributed by atoms with Crippen molar-refractivity contribution >= 4 is 56.3 Å². The van der Waals surface area contributed by atoms with Gasteiger partial charge in [-0.2, -0.15) is 5.26 Å². The summed E-state index contributed by atoms with van der Waals surface area (Å²) < 4.78 is 2.30. The van der Waals surface area contributed by atoms with Gasteiger partial charge in [-0.05, 0) is 56.1 Å². The van der Waals surface area contributed by atoms with E-state index in [0.717, 1.165) is 33.0 Å². The molecule has 0 saturated carbocycles. The fourth-order valence-corrected chi connectivity index (χ4v) is 12.4. The zero-order chi connectivity index (χ0) is 32.5. The molecule has 0 unspecified atom stereocenters. The van der Waals surface area contributed by atoms with E-state index in [-0.39, 0.29) is 0 Å². The first-order valence-corrected chi connectivity index (χ1v) is 18.0. The predicted octanol–water partition coefficient (Wildman–Crippen LogP) is 8.25. The lowest BCUT2D eigenvalue weighted by atomic mass is 9.99. The number of hydrogen-bond donors (Lipinski definition) is 0. The lowest BCUT2D eigenvalue weighted by Gasteiger charge is -2.36. The topological polar surface area (TPSA) is 33.1 Å². The van der Waals surface area contributed by atoms with Crippen molar-refractivity contribution in [3.8, 4) is 22.9 Å². The molecule has 48 heavy (non-hydrogen) atoms. The maximum atomic E-state index is 10.3. The molecular weight excluding hydrogens is 599 g/mol. The van der Waals surface area contributed by atoms with Crippen LogP contribution in [-0.4, -0.2) is 12.6 Å². The maximum Gasteiger partial charge on any atom is 0.212 e. The van der Waals surface area contributed by atoms with Crippen LogP contribution in [0.2, 0.25) is 0 Å². The van der Waals surface area contributed by atoms with Crippen LogP contribution in [0.15, 0.2) is 176 Å². The first kappa shape index (κ1) is 29.0. The van der Waals surface area contributed by atoms with E-state index in [0.29, 0.717) is 11.3 Å². The van der Waals surface area contributed by atoms with Crippen LogP contribution >= 0.6 is 0 Å². The fraction of sp³-hybridized carbons (Fsp3) is 0. The van der Waals surface area contributed by atoms with Gasteiger partial charge in [-0.15, -0.1) is 0 Å². The van der Waals surface area contributed by atoms with Gasteiger partial charge in [0.2, 0.25) is 5.69 Å². The van der Waals surface area contributed by atoms with Gasteiger partial charge in [0.1, 0.15) is 0 Å². The predicted molar refractivity (Wildman–Crippen MR) is 201 cm³/mol. The van der Waals surface area contributed by atoms with Crippen molar-refractivity contribution in [1.29, 1.82) is 5.26 Å². The summed E-state index contributed by atoms with van der Waals surface area (Å²) in [7, 11) is -3.04. The highest BCUT2D eigenvalue weighted by Gasteiger charge is 2.43. The van der Waals surface area contributed by atoms with Crippen molar-refractivity contribution in [1.82, 2.24) is 4.57 Å². The third-order valence-corrected chi connectivity index (χ3v) is 14.2. The quantitative estimate of drug-likeness (QED) is 0.104. The molecule has 224 valence electrons. The minimum Gasteiger partial charge on any atom is -0.309 e. The highest BCUT2D eigenvalue weighted by molar-refractivity contribution is 7.20. The van der Waals surface area contributed by atoms with Crippen molar-refractivity contribution in [3.63, 3.8) is 0 Å². The summed E-state index contributed by atoms with van der Waals surface area (Å²) in [4.78, 5) is 4.11. The summed E-state index contributed by atoms with van der Waals surface area (Å²) >= 11 is 0. The van der Waals surface area contributed by atoms with Crippen LogP contribution in [0, 0.1) is 17.9 Å². The molecule has 4 heteroatoms. The van der Waals surface area contributed by atoms with E-state index in [1.165, 1.54) is 26.3 Å². The fourth-order valence-electron chi connectivity index (χ4n) is 7.43. The van der Waals surface area contributed by atoms with Gasteiger partial charge in [-0.25, -0.2) is 4.85 Å². The molecule has 0 radical (unpaired) electrons. The molecule has 8 rings (SSSR count). The Morgan fingerprint density at radius 3 is 1.54 bits per heavy atom. The molecule has 7 aromatic carbocycles. The zero-order valence-corrected chi connectivity index (χ0v) is 27.1. The normalized spacial score (nSPS) is 11.3. The van der Waals surface area contributed by atoms with Gasteiger partial charge >= 0.3 is 0 Å². The third kappa shape index (κ3) is 4.48. The number of benzene rings is 7. The minimum atomic E-state index is -3.04. The molecule has 0 aliphatic rings. The maximum absolute atomic E-state index is 10.3. The Balaban J connectivity index is 1.50. The Morgan fingerprint density at radius 1 is 0.542 bits per heavy atom. The number of hydrogen-bond acceptors (Lipinski definition) is 1. The molecule has 1 aromatic heterocycles. The van der Waals surface area contributed by atoms with Crippen LogP contribution in [0.1, 0.15) is 5.56 Å².